The standard InChI is InChI=1S/C22H21FN8O6/c1-22(34,20(33)26-11-3-4-12-14(9-11)37-29-17(12)24)16-19(32)30(7-8-36-16)18-13(23)10-31(28-18)15-5-6-25-21(27-15)35-2/h3-6,9-10,16,34H,7-8H2,1-2H3,(H2,24,29)(H,26,33)/t16-,22?/m0/s1. The number of ether oxygens (including phenoxy) is 2. The molecule has 1 unspecified atom stereocenters. The van der Waals surface area contributed by atoms with Crippen LogP contribution in [0.3, 0.4) is 0 Å². The van der Waals surface area contributed by atoms with Gasteiger partial charge in [-0.25, -0.2) is 14.1 Å². The molecule has 0 spiro atoms. The molecule has 1 saturated heterocycles. The van der Waals surface area contributed by atoms with E-state index < -0.39 is 29.3 Å². The monoisotopic (exact) mass is 512 g/mol. The minimum Gasteiger partial charge on any atom is -0.467 e. The van der Waals surface area contributed by atoms with Crippen LogP contribution in [-0.2, 0) is 14.3 Å². The van der Waals surface area contributed by atoms with E-state index in [0.717, 1.165) is 22.7 Å². The van der Waals surface area contributed by atoms with Crippen LogP contribution in [0.5, 0.6) is 6.01 Å². The average molecular weight is 512 g/mol. The van der Waals surface area contributed by atoms with Gasteiger partial charge in [0, 0.05) is 24.0 Å². The van der Waals surface area contributed by atoms with Crippen molar-refractivity contribution < 1.29 is 33.1 Å². The quantitative estimate of drug-likeness (QED) is 0.330. The van der Waals surface area contributed by atoms with Crippen molar-refractivity contribution in [3.05, 3.63) is 42.5 Å². The first-order chi connectivity index (χ1) is 17.7. The van der Waals surface area contributed by atoms with E-state index in [1.165, 1.54) is 31.5 Å². The number of morpholine rings is 1. The molecular formula is C22H21FN8O6. The summed E-state index contributed by atoms with van der Waals surface area (Å²) in [6, 6.07) is 6.10. The molecule has 192 valence electrons. The molecule has 15 heteroatoms. The Kier molecular flexibility index (Phi) is 5.93. The number of aliphatic hydroxyl groups is 1. The van der Waals surface area contributed by atoms with Crippen molar-refractivity contribution in [3.63, 3.8) is 0 Å². The normalized spacial score (nSPS) is 17.6. The summed E-state index contributed by atoms with van der Waals surface area (Å²) in [5.41, 5.74) is 3.94. The number of amides is 2. The molecule has 2 atom stereocenters. The second kappa shape index (κ2) is 9.11. The molecular weight excluding hydrogens is 491 g/mol. The number of fused-ring (bicyclic) bond motifs is 1. The second-order valence-electron chi connectivity index (χ2n) is 8.27. The molecule has 0 radical (unpaired) electrons. The number of carbonyl (C=O) groups excluding carboxylic acids is 2. The molecule has 1 fully saturated rings. The number of rotatable bonds is 6. The summed E-state index contributed by atoms with van der Waals surface area (Å²) >= 11 is 0. The van der Waals surface area contributed by atoms with E-state index in [-0.39, 0.29) is 42.3 Å². The Balaban J connectivity index is 1.36. The number of nitrogens with zero attached hydrogens (tertiary/aromatic N) is 6. The highest BCUT2D eigenvalue weighted by Crippen LogP contribution is 2.28. The number of hydrogen-bond donors (Lipinski definition) is 3. The van der Waals surface area contributed by atoms with Crippen LogP contribution in [-0.4, -0.2) is 73.8 Å². The Hall–Kier alpha value is -4.63. The maximum atomic E-state index is 14.9. The Labute approximate surface area is 207 Å². The number of carbonyl (C=O) groups is 2. The van der Waals surface area contributed by atoms with Crippen molar-refractivity contribution in [2.45, 2.75) is 18.6 Å². The summed E-state index contributed by atoms with van der Waals surface area (Å²) in [4.78, 5) is 35.2. The summed E-state index contributed by atoms with van der Waals surface area (Å²) < 4.78 is 31.5. The first-order valence-electron chi connectivity index (χ1n) is 10.9. The van der Waals surface area contributed by atoms with Crippen molar-refractivity contribution in [2.75, 3.05) is 36.2 Å². The van der Waals surface area contributed by atoms with E-state index in [2.05, 4.69) is 25.5 Å². The molecule has 37 heavy (non-hydrogen) atoms. The molecule has 14 nitrogen and oxygen atoms in total. The number of nitrogens with one attached hydrogen (secondary N) is 1. The van der Waals surface area contributed by atoms with Gasteiger partial charge >= 0.3 is 6.01 Å². The Bertz CT molecular complexity index is 1500. The number of aromatic nitrogens is 5. The van der Waals surface area contributed by atoms with Crippen LogP contribution < -0.4 is 20.7 Å². The molecule has 5 rings (SSSR count). The average Bonchev–Trinajstić information content (AvgIpc) is 3.46. The molecule has 0 saturated carbocycles. The van der Waals surface area contributed by atoms with Crippen molar-refractivity contribution in [1.82, 2.24) is 24.9 Å². The van der Waals surface area contributed by atoms with Crippen LogP contribution in [0.15, 0.2) is 41.2 Å². The van der Waals surface area contributed by atoms with Crippen molar-refractivity contribution in [2.24, 2.45) is 0 Å². The van der Waals surface area contributed by atoms with Crippen LogP contribution in [0.2, 0.25) is 0 Å². The predicted molar refractivity (Wildman–Crippen MR) is 125 cm³/mol. The third kappa shape index (κ3) is 4.30. The summed E-state index contributed by atoms with van der Waals surface area (Å²) in [5.74, 6) is -2.54. The predicted octanol–water partition coefficient (Wildman–Crippen LogP) is 0.655. The maximum Gasteiger partial charge on any atom is 0.318 e. The van der Waals surface area contributed by atoms with Gasteiger partial charge < -0.3 is 30.2 Å². The molecule has 2 amide bonds. The van der Waals surface area contributed by atoms with E-state index in [0.29, 0.717) is 11.0 Å². The highest BCUT2D eigenvalue weighted by atomic mass is 19.1. The Morgan fingerprint density at radius 1 is 1.38 bits per heavy atom. The maximum absolute atomic E-state index is 14.9. The van der Waals surface area contributed by atoms with Crippen LogP contribution in [0.4, 0.5) is 21.7 Å². The van der Waals surface area contributed by atoms with Gasteiger partial charge in [-0.05, 0) is 19.1 Å². The van der Waals surface area contributed by atoms with Crippen LogP contribution >= 0.6 is 0 Å². The third-order valence-electron chi connectivity index (χ3n) is 5.76. The van der Waals surface area contributed by atoms with Gasteiger partial charge in [-0.3, -0.25) is 14.5 Å². The summed E-state index contributed by atoms with van der Waals surface area (Å²) in [5, 5.41) is 21.9. The van der Waals surface area contributed by atoms with Gasteiger partial charge in [-0.1, -0.05) is 5.16 Å². The van der Waals surface area contributed by atoms with E-state index in [9.17, 15) is 19.1 Å². The molecule has 1 aromatic carbocycles. The Morgan fingerprint density at radius 2 is 2.19 bits per heavy atom. The molecule has 1 aliphatic rings. The van der Waals surface area contributed by atoms with Crippen LogP contribution in [0, 0.1) is 5.82 Å². The lowest BCUT2D eigenvalue weighted by Gasteiger charge is -2.37. The largest absolute Gasteiger partial charge is 0.467 e. The zero-order chi connectivity index (χ0) is 26.3. The molecule has 1 aliphatic heterocycles. The van der Waals surface area contributed by atoms with Gasteiger partial charge in [0.15, 0.2) is 40.6 Å². The topological polar surface area (TPSA) is 184 Å². The van der Waals surface area contributed by atoms with E-state index >= 15 is 0 Å². The third-order valence-corrected chi connectivity index (χ3v) is 5.76. The minimum atomic E-state index is -2.33. The van der Waals surface area contributed by atoms with E-state index in [1.807, 2.05) is 0 Å². The van der Waals surface area contributed by atoms with Crippen molar-refractivity contribution in [1.29, 1.82) is 0 Å². The number of nitrogens with two attached hydrogens (primary N) is 1. The Morgan fingerprint density at radius 3 is 2.97 bits per heavy atom. The van der Waals surface area contributed by atoms with Gasteiger partial charge in [0.1, 0.15) is 0 Å². The smallest absolute Gasteiger partial charge is 0.318 e. The zero-order valence-corrected chi connectivity index (χ0v) is 19.6. The molecule has 0 bridgehead atoms. The van der Waals surface area contributed by atoms with Crippen LogP contribution in [0.1, 0.15) is 6.92 Å². The number of halogens is 1. The van der Waals surface area contributed by atoms with Crippen LogP contribution in [0.25, 0.3) is 16.8 Å². The zero-order valence-electron chi connectivity index (χ0n) is 19.6. The fraction of sp³-hybridized carbons (Fsp3) is 0.273. The summed E-state index contributed by atoms with van der Waals surface area (Å²) in [7, 11) is 1.38. The first kappa shape index (κ1) is 24.1. The van der Waals surface area contributed by atoms with Crippen molar-refractivity contribution >= 4 is 40.1 Å². The van der Waals surface area contributed by atoms with Gasteiger partial charge in [0.25, 0.3) is 11.8 Å². The highest BCUT2D eigenvalue weighted by molar-refractivity contribution is 6.06. The summed E-state index contributed by atoms with van der Waals surface area (Å²) in [6.07, 6.45) is 0.794. The highest BCUT2D eigenvalue weighted by Gasteiger charge is 2.49. The van der Waals surface area contributed by atoms with Gasteiger partial charge in [0.2, 0.25) is 0 Å². The number of anilines is 3. The van der Waals surface area contributed by atoms with E-state index in [4.69, 9.17) is 19.7 Å². The van der Waals surface area contributed by atoms with Gasteiger partial charge in [-0.15, -0.1) is 5.10 Å². The second-order valence-corrected chi connectivity index (χ2v) is 8.27. The molecule has 4 aromatic rings. The van der Waals surface area contributed by atoms with Crippen molar-refractivity contribution in [3.8, 4) is 11.8 Å². The lowest BCUT2D eigenvalue weighted by atomic mass is 9.95. The van der Waals surface area contributed by atoms with Gasteiger partial charge in [0.05, 0.1) is 31.8 Å². The molecule has 4 N–H and O–H groups in total. The first-order valence-corrected chi connectivity index (χ1v) is 10.9. The summed E-state index contributed by atoms with van der Waals surface area (Å²) in [6.45, 7) is 0.982. The van der Waals surface area contributed by atoms with Gasteiger partial charge in [-0.2, -0.15) is 4.98 Å². The lowest BCUT2D eigenvalue weighted by molar-refractivity contribution is -0.165. The lowest BCUT2D eigenvalue weighted by Crippen LogP contribution is -2.61. The molecule has 3 aromatic heterocycles. The fourth-order valence-corrected chi connectivity index (χ4v) is 3.81. The number of methoxy groups -OCH3 is 1. The van der Waals surface area contributed by atoms with E-state index in [1.54, 1.807) is 6.07 Å². The number of hydrogen-bond acceptors (Lipinski definition) is 11. The number of nitrogen functional groups attached to an aromatic ring is 1. The minimum absolute atomic E-state index is 0.0467. The number of benzene rings is 1. The SMILES string of the molecule is COc1nccc(-n2cc(F)c(N3CCO[C@H](C(C)(O)C(=O)Nc4ccc5c(N)noc5c4)C3=O)n2)n1. The molecule has 0 aliphatic carbocycles. The fourth-order valence-electron chi connectivity index (χ4n) is 3.81. The molecule has 4 heterocycles.